The van der Waals surface area contributed by atoms with E-state index in [2.05, 4.69) is 25.0 Å². The molecule has 0 bridgehead atoms. The van der Waals surface area contributed by atoms with Gasteiger partial charge < -0.3 is 0 Å². The van der Waals surface area contributed by atoms with Crippen molar-refractivity contribution in [1.29, 1.82) is 0 Å². The SMILES string of the molecule is CSc1ncnc2sc(-c3ccc(CN=[N+]=[N-])cc3)nc12. The van der Waals surface area contributed by atoms with E-state index in [1.54, 1.807) is 29.4 Å². The molecule has 0 spiro atoms. The molecule has 0 unspecified atom stereocenters. The standard InChI is InChI=1S/C13H10N6S2/c1-20-12-10-13(16-7-15-12)21-11(18-10)9-4-2-8(3-5-9)6-17-19-14/h2-5,7H,6H2,1H3. The van der Waals surface area contributed by atoms with Gasteiger partial charge in [-0.3, -0.25) is 0 Å². The molecule has 0 fully saturated rings. The third-order valence-electron chi connectivity index (χ3n) is 2.87. The number of hydrogen-bond acceptors (Lipinski definition) is 6. The predicted octanol–water partition coefficient (Wildman–Crippen LogP) is 4.29. The van der Waals surface area contributed by atoms with Crippen LogP contribution in [0.3, 0.4) is 0 Å². The summed E-state index contributed by atoms with van der Waals surface area (Å²) in [4.78, 5) is 16.8. The summed E-state index contributed by atoms with van der Waals surface area (Å²) in [5.41, 5.74) is 11.2. The van der Waals surface area contributed by atoms with Gasteiger partial charge >= 0.3 is 0 Å². The predicted molar refractivity (Wildman–Crippen MR) is 85.3 cm³/mol. The minimum atomic E-state index is 0.360. The first-order valence-electron chi connectivity index (χ1n) is 6.07. The van der Waals surface area contributed by atoms with Gasteiger partial charge in [0.2, 0.25) is 0 Å². The molecular formula is C13H10N6S2. The van der Waals surface area contributed by atoms with Crippen LogP contribution in [0.4, 0.5) is 0 Å². The number of hydrogen-bond donors (Lipinski definition) is 0. The quantitative estimate of drug-likeness (QED) is 0.236. The van der Waals surface area contributed by atoms with Crippen LogP contribution in [-0.2, 0) is 6.54 Å². The second-order valence-corrected chi connectivity index (χ2v) is 5.91. The summed E-state index contributed by atoms with van der Waals surface area (Å²) in [5.74, 6) is 0. The van der Waals surface area contributed by atoms with Gasteiger partial charge in [-0.2, -0.15) is 0 Å². The van der Waals surface area contributed by atoms with Gasteiger partial charge in [0.25, 0.3) is 0 Å². The zero-order chi connectivity index (χ0) is 14.7. The number of thiazole rings is 1. The van der Waals surface area contributed by atoms with Crippen molar-refractivity contribution in [2.75, 3.05) is 6.26 Å². The van der Waals surface area contributed by atoms with Crippen LogP contribution in [0.25, 0.3) is 31.4 Å². The highest BCUT2D eigenvalue weighted by Gasteiger charge is 2.11. The number of benzene rings is 1. The average molecular weight is 314 g/mol. The topological polar surface area (TPSA) is 87.4 Å². The lowest BCUT2D eigenvalue weighted by molar-refractivity contribution is 1.05. The third-order valence-corrected chi connectivity index (χ3v) is 4.57. The summed E-state index contributed by atoms with van der Waals surface area (Å²) in [6.07, 6.45) is 3.55. The summed E-state index contributed by atoms with van der Waals surface area (Å²) < 4.78 is 0. The Bertz CT molecular complexity index is 820. The Hall–Kier alpha value is -2.15. The third kappa shape index (κ3) is 2.82. The lowest BCUT2D eigenvalue weighted by Gasteiger charge is -1.98. The zero-order valence-electron chi connectivity index (χ0n) is 11.1. The van der Waals surface area contributed by atoms with Gasteiger partial charge in [0.05, 0.1) is 6.54 Å². The Morgan fingerprint density at radius 3 is 2.81 bits per heavy atom. The molecule has 2 aromatic heterocycles. The van der Waals surface area contributed by atoms with Gasteiger partial charge in [-0.05, 0) is 17.4 Å². The van der Waals surface area contributed by atoms with E-state index in [0.29, 0.717) is 6.54 Å². The van der Waals surface area contributed by atoms with Crippen LogP contribution in [0.15, 0.2) is 40.7 Å². The van der Waals surface area contributed by atoms with Gasteiger partial charge in [0, 0.05) is 10.5 Å². The fourth-order valence-corrected chi connectivity index (χ4v) is 3.34. The molecule has 0 aliphatic carbocycles. The van der Waals surface area contributed by atoms with Gasteiger partial charge in [0.15, 0.2) is 0 Å². The highest BCUT2D eigenvalue weighted by atomic mass is 32.2. The van der Waals surface area contributed by atoms with Gasteiger partial charge in [-0.15, -0.1) is 11.8 Å². The Morgan fingerprint density at radius 1 is 1.29 bits per heavy atom. The van der Waals surface area contributed by atoms with E-state index in [4.69, 9.17) is 5.53 Å². The lowest BCUT2D eigenvalue weighted by Crippen LogP contribution is -1.84. The first-order valence-corrected chi connectivity index (χ1v) is 8.11. The number of fused-ring (bicyclic) bond motifs is 1. The Morgan fingerprint density at radius 2 is 2.10 bits per heavy atom. The monoisotopic (exact) mass is 314 g/mol. The Kier molecular flexibility index (Phi) is 4.01. The molecule has 3 rings (SSSR count). The largest absolute Gasteiger partial charge is 0.231 e. The molecule has 21 heavy (non-hydrogen) atoms. The van der Waals surface area contributed by atoms with E-state index in [9.17, 15) is 0 Å². The number of nitrogens with zero attached hydrogens (tertiary/aromatic N) is 6. The van der Waals surface area contributed by atoms with Crippen molar-refractivity contribution in [3.05, 3.63) is 46.6 Å². The minimum Gasteiger partial charge on any atom is -0.231 e. The summed E-state index contributed by atoms with van der Waals surface area (Å²) in [7, 11) is 0. The molecule has 0 atom stereocenters. The maximum Gasteiger partial charge on any atom is 0.148 e. The maximum absolute atomic E-state index is 8.33. The van der Waals surface area contributed by atoms with E-state index < -0.39 is 0 Å². The molecule has 6 nitrogen and oxygen atoms in total. The molecule has 0 radical (unpaired) electrons. The van der Waals surface area contributed by atoms with Crippen molar-refractivity contribution in [3.63, 3.8) is 0 Å². The van der Waals surface area contributed by atoms with Crippen LogP contribution in [0.2, 0.25) is 0 Å². The number of aromatic nitrogens is 3. The van der Waals surface area contributed by atoms with Gasteiger partial charge in [-0.1, -0.05) is 40.7 Å². The Balaban J connectivity index is 1.98. The van der Waals surface area contributed by atoms with Crippen LogP contribution in [-0.4, -0.2) is 21.2 Å². The Labute approximate surface area is 128 Å². The molecule has 1 aromatic carbocycles. The number of thioether (sulfide) groups is 1. The molecule has 3 aromatic rings. The smallest absolute Gasteiger partial charge is 0.148 e. The minimum absolute atomic E-state index is 0.360. The van der Waals surface area contributed by atoms with Gasteiger partial charge in [-0.25, -0.2) is 15.0 Å². The first kappa shape index (κ1) is 13.8. The molecule has 0 N–H and O–H groups in total. The van der Waals surface area contributed by atoms with E-state index in [0.717, 1.165) is 31.5 Å². The van der Waals surface area contributed by atoms with Crippen molar-refractivity contribution in [3.8, 4) is 10.6 Å². The lowest BCUT2D eigenvalue weighted by atomic mass is 10.1. The van der Waals surface area contributed by atoms with Crippen LogP contribution in [0.5, 0.6) is 0 Å². The second-order valence-electron chi connectivity index (χ2n) is 4.14. The van der Waals surface area contributed by atoms with Crippen molar-refractivity contribution >= 4 is 33.4 Å². The summed E-state index contributed by atoms with van der Waals surface area (Å²) in [5, 5.41) is 5.35. The van der Waals surface area contributed by atoms with E-state index in [1.165, 1.54) is 0 Å². The van der Waals surface area contributed by atoms with E-state index in [1.807, 2.05) is 30.5 Å². The van der Waals surface area contributed by atoms with Gasteiger partial charge in [0.1, 0.15) is 26.7 Å². The van der Waals surface area contributed by atoms with E-state index >= 15 is 0 Å². The zero-order valence-corrected chi connectivity index (χ0v) is 12.7. The fourth-order valence-electron chi connectivity index (χ4n) is 1.87. The van der Waals surface area contributed by atoms with Crippen LogP contribution in [0, 0.1) is 0 Å². The number of azide groups is 1. The highest BCUT2D eigenvalue weighted by Crippen LogP contribution is 2.32. The molecule has 0 amide bonds. The van der Waals surface area contributed by atoms with Crippen LogP contribution < -0.4 is 0 Å². The van der Waals surface area contributed by atoms with Crippen molar-refractivity contribution in [1.82, 2.24) is 15.0 Å². The molecule has 0 saturated carbocycles. The molecule has 0 aliphatic heterocycles. The van der Waals surface area contributed by atoms with Crippen LogP contribution in [0.1, 0.15) is 5.56 Å². The molecular weight excluding hydrogens is 304 g/mol. The summed E-state index contributed by atoms with van der Waals surface area (Å²) in [6, 6.07) is 7.84. The summed E-state index contributed by atoms with van der Waals surface area (Å²) in [6.45, 7) is 0.360. The second kappa shape index (κ2) is 6.09. The highest BCUT2D eigenvalue weighted by molar-refractivity contribution is 7.98. The van der Waals surface area contributed by atoms with Crippen LogP contribution >= 0.6 is 23.1 Å². The average Bonchev–Trinajstić information content (AvgIpc) is 2.97. The van der Waals surface area contributed by atoms with Crippen molar-refractivity contribution in [2.24, 2.45) is 5.11 Å². The molecule has 104 valence electrons. The fraction of sp³-hybridized carbons (Fsp3) is 0.154. The maximum atomic E-state index is 8.33. The normalized spacial score (nSPS) is 10.5. The number of rotatable bonds is 4. The molecule has 0 saturated heterocycles. The molecule has 8 heteroatoms. The molecule has 0 aliphatic rings. The van der Waals surface area contributed by atoms with Crippen molar-refractivity contribution in [2.45, 2.75) is 11.6 Å². The van der Waals surface area contributed by atoms with Crippen molar-refractivity contribution < 1.29 is 0 Å². The molecule has 2 heterocycles. The van der Waals surface area contributed by atoms with E-state index in [-0.39, 0.29) is 0 Å². The first-order chi connectivity index (χ1) is 10.3. The summed E-state index contributed by atoms with van der Waals surface area (Å²) >= 11 is 3.11.